The Morgan fingerprint density at radius 3 is 2.60 bits per heavy atom. The standard InChI is InChI=1S/C21H21ClF3N3OS/c1-4-28-19(14(3)29-18-9-8-17(22)10-13(18)2)26-27-20(28)30-12-15-6-5-7-16(11-15)21(23,24)25/h5-11,14H,4,12H2,1-3H3. The highest BCUT2D eigenvalue weighted by Crippen LogP contribution is 2.32. The molecule has 1 atom stereocenters. The molecule has 0 fully saturated rings. The molecule has 160 valence electrons. The molecule has 0 aliphatic carbocycles. The van der Waals surface area contributed by atoms with Crippen molar-refractivity contribution in [2.24, 2.45) is 0 Å². The van der Waals surface area contributed by atoms with Crippen LogP contribution in [0, 0.1) is 6.92 Å². The Morgan fingerprint density at radius 1 is 1.17 bits per heavy atom. The number of rotatable bonds is 7. The fraction of sp³-hybridized carbons (Fsp3) is 0.333. The fourth-order valence-electron chi connectivity index (χ4n) is 2.98. The first-order valence-corrected chi connectivity index (χ1v) is 10.7. The van der Waals surface area contributed by atoms with Gasteiger partial charge < -0.3 is 9.30 Å². The smallest absolute Gasteiger partial charge is 0.416 e. The molecular formula is C21H21ClF3N3OS. The van der Waals surface area contributed by atoms with Gasteiger partial charge in [-0.25, -0.2) is 0 Å². The van der Waals surface area contributed by atoms with Gasteiger partial charge in [0.05, 0.1) is 5.56 Å². The van der Waals surface area contributed by atoms with Crippen LogP contribution >= 0.6 is 23.4 Å². The minimum atomic E-state index is -4.36. The number of alkyl halides is 3. The Morgan fingerprint density at radius 2 is 1.93 bits per heavy atom. The van der Waals surface area contributed by atoms with Gasteiger partial charge >= 0.3 is 6.18 Å². The number of halogens is 4. The number of nitrogens with zero attached hydrogens (tertiary/aromatic N) is 3. The van der Waals surface area contributed by atoms with Crippen LogP contribution < -0.4 is 4.74 Å². The molecule has 2 aromatic carbocycles. The third-order valence-corrected chi connectivity index (χ3v) is 5.76. The molecule has 1 unspecified atom stereocenters. The molecule has 3 aromatic rings. The van der Waals surface area contributed by atoms with Crippen molar-refractivity contribution < 1.29 is 17.9 Å². The zero-order valence-electron chi connectivity index (χ0n) is 16.7. The molecular weight excluding hydrogens is 435 g/mol. The van der Waals surface area contributed by atoms with E-state index >= 15 is 0 Å². The molecule has 0 aliphatic rings. The molecule has 0 radical (unpaired) electrons. The molecule has 1 aromatic heterocycles. The second-order valence-electron chi connectivity index (χ2n) is 6.74. The summed E-state index contributed by atoms with van der Waals surface area (Å²) in [6.45, 7) is 6.36. The summed E-state index contributed by atoms with van der Waals surface area (Å²) in [4.78, 5) is 0. The topological polar surface area (TPSA) is 39.9 Å². The number of ether oxygens (including phenoxy) is 1. The highest BCUT2D eigenvalue weighted by molar-refractivity contribution is 7.98. The molecule has 30 heavy (non-hydrogen) atoms. The van der Waals surface area contributed by atoms with Gasteiger partial charge in [-0.15, -0.1) is 10.2 Å². The van der Waals surface area contributed by atoms with E-state index in [0.717, 1.165) is 17.7 Å². The van der Waals surface area contributed by atoms with Gasteiger partial charge in [-0.1, -0.05) is 41.6 Å². The summed E-state index contributed by atoms with van der Waals surface area (Å²) in [6, 6.07) is 10.7. The summed E-state index contributed by atoms with van der Waals surface area (Å²) in [5.74, 6) is 1.71. The molecule has 9 heteroatoms. The van der Waals surface area contributed by atoms with Crippen LogP contribution in [-0.4, -0.2) is 14.8 Å². The van der Waals surface area contributed by atoms with Crippen LogP contribution in [0.15, 0.2) is 47.6 Å². The molecule has 0 saturated heterocycles. The van der Waals surface area contributed by atoms with E-state index in [0.29, 0.717) is 39.6 Å². The predicted octanol–water partition coefficient (Wildman–Crippen LogP) is 6.71. The van der Waals surface area contributed by atoms with E-state index in [1.807, 2.05) is 37.5 Å². The van der Waals surface area contributed by atoms with E-state index in [-0.39, 0.29) is 6.10 Å². The number of hydrogen-bond acceptors (Lipinski definition) is 4. The Hall–Kier alpha value is -2.19. The lowest BCUT2D eigenvalue weighted by atomic mass is 10.1. The predicted molar refractivity (Wildman–Crippen MR) is 112 cm³/mol. The highest BCUT2D eigenvalue weighted by atomic mass is 35.5. The van der Waals surface area contributed by atoms with Crippen LogP contribution in [0.4, 0.5) is 13.2 Å². The minimum absolute atomic E-state index is 0.355. The van der Waals surface area contributed by atoms with Gasteiger partial charge in [0.15, 0.2) is 17.1 Å². The lowest BCUT2D eigenvalue weighted by Crippen LogP contribution is -2.12. The van der Waals surface area contributed by atoms with Crippen molar-refractivity contribution in [3.8, 4) is 5.75 Å². The van der Waals surface area contributed by atoms with Gasteiger partial charge in [0.1, 0.15) is 5.75 Å². The van der Waals surface area contributed by atoms with Crippen molar-refractivity contribution in [1.29, 1.82) is 0 Å². The SMILES string of the molecule is CCn1c(SCc2cccc(C(F)(F)F)c2)nnc1C(C)Oc1ccc(Cl)cc1C. The maximum absolute atomic E-state index is 12.9. The molecule has 0 N–H and O–H groups in total. The van der Waals surface area contributed by atoms with E-state index < -0.39 is 11.7 Å². The third-order valence-electron chi connectivity index (χ3n) is 4.49. The van der Waals surface area contributed by atoms with Crippen molar-refractivity contribution in [2.45, 2.75) is 50.5 Å². The molecule has 0 amide bonds. The van der Waals surface area contributed by atoms with Gasteiger partial charge in [-0.2, -0.15) is 13.2 Å². The summed E-state index contributed by atoms with van der Waals surface area (Å²) in [6.07, 6.45) is -4.72. The summed E-state index contributed by atoms with van der Waals surface area (Å²) in [5, 5.41) is 9.75. The lowest BCUT2D eigenvalue weighted by molar-refractivity contribution is -0.137. The summed E-state index contributed by atoms with van der Waals surface area (Å²) < 4.78 is 46.7. The van der Waals surface area contributed by atoms with Crippen LogP contribution in [0.3, 0.4) is 0 Å². The zero-order chi connectivity index (χ0) is 21.9. The van der Waals surface area contributed by atoms with Crippen molar-refractivity contribution in [1.82, 2.24) is 14.8 Å². The first-order valence-electron chi connectivity index (χ1n) is 9.34. The molecule has 0 saturated carbocycles. The molecule has 0 spiro atoms. The van der Waals surface area contributed by atoms with Crippen LogP contribution in [0.1, 0.15) is 42.5 Å². The van der Waals surface area contributed by atoms with E-state index in [2.05, 4.69) is 10.2 Å². The highest BCUT2D eigenvalue weighted by Gasteiger charge is 2.30. The van der Waals surface area contributed by atoms with Gasteiger partial charge in [0.25, 0.3) is 0 Å². The van der Waals surface area contributed by atoms with E-state index in [1.165, 1.54) is 17.8 Å². The van der Waals surface area contributed by atoms with E-state index in [9.17, 15) is 13.2 Å². The Labute approximate surface area is 182 Å². The summed E-state index contributed by atoms with van der Waals surface area (Å²) in [5.41, 5.74) is 0.831. The average molecular weight is 456 g/mol. The normalized spacial score (nSPS) is 12.8. The van der Waals surface area contributed by atoms with E-state index in [1.54, 1.807) is 12.1 Å². The zero-order valence-corrected chi connectivity index (χ0v) is 18.3. The van der Waals surface area contributed by atoms with E-state index in [4.69, 9.17) is 16.3 Å². The Kier molecular flexibility index (Phi) is 6.98. The summed E-state index contributed by atoms with van der Waals surface area (Å²) in [7, 11) is 0. The molecule has 3 rings (SSSR count). The number of aromatic nitrogens is 3. The maximum atomic E-state index is 12.9. The largest absolute Gasteiger partial charge is 0.482 e. The first kappa shape index (κ1) is 22.5. The van der Waals surface area contributed by atoms with Gasteiger partial charge in [0.2, 0.25) is 0 Å². The molecule has 0 aliphatic heterocycles. The Balaban J connectivity index is 1.74. The van der Waals surface area contributed by atoms with Gasteiger partial charge in [-0.3, -0.25) is 0 Å². The maximum Gasteiger partial charge on any atom is 0.416 e. The summed E-state index contributed by atoms with van der Waals surface area (Å²) >= 11 is 7.34. The number of aryl methyl sites for hydroxylation is 1. The number of hydrogen-bond donors (Lipinski definition) is 0. The minimum Gasteiger partial charge on any atom is -0.482 e. The van der Waals surface area contributed by atoms with Crippen LogP contribution in [0.25, 0.3) is 0 Å². The monoisotopic (exact) mass is 455 g/mol. The second kappa shape index (κ2) is 9.31. The fourth-order valence-corrected chi connectivity index (χ4v) is 4.16. The van der Waals surface area contributed by atoms with Gasteiger partial charge in [-0.05, 0) is 56.2 Å². The first-order chi connectivity index (χ1) is 14.2. The van der Waals surface area contributed by atoms with Crippen molar-refractivity contribution in [3.05, 3.63) is 70.0 Å². The van der Waals surface area contributed by atoms with Crippen LogP contribution in [-0.2, 0) is 18.5 Å². The quantitative estimate of drug-likeness (QED) is 0.371. The van der Waals surface area contributed by atoms with Crippen molar-refractivity contribution in [2.75, 3.05) is 0 Å². The van der Waals surface area contributed by atoms with Crippen LogP contribution in [0.2, 0.25) is 5.02 Å². The van der Waals surface area contributed by atoms with Crippen molar-refractivity contribution in [3.63, 3.8) is 0 Å². The molecule has 4 nitrogen and oxygen atoms in total. The Bertz CT molecular complexity index is 1020. The van der Waals surface area contributed by atoms with Crippen molar-refractivity contribution >= 4 is 23.4 Å². The second-order valence-corrected chi connectivity index (χ2v) is 8.12. The number of benzene rings is 2. The van der Waals surface area contributed by atoms with Crippen LogP contribution in [0.5, 0.6) is 5.75 Å². The lowest BCUT2D eigenvalue weighted by Gasteiger charge is -2.17. The molecule has 0 bridgehead atoms. The average Bonchev–Trinajstić information content (AvgIpc) is 3.11. The molecule has 1 heterocycles. The third kappa shape index (κ3) is 5.29. The van der Waals surface area contributed by atoms with Gasteiger partial charge in [0, 0.05) is 17.3 Å². The number of thioether (sulfide) groups is 1.